The fraction of sp³-hybridized carbons (Fsp3) is 0.923. The number of likely N-dealkylation sites (tertiary alicyclic amines) is 1. The molecule has 2 saturated heterocycles. The van der Waals surface area contributed by atoms with Crippen molar-refractivity contribution < 1.29 is 14.3 Å². The molecule has 2 atom stereocenters. The van der Waals surface area contributed by atoms with Gasteiger partial charge in [-0.15, -0.1) is 0 Å². The fourth-order valence-corrected chi connectivity index (χ4v) is 4.00. The summed E-state index contributed by atoms with van der Waals surface area (Å²) in [4.78, 5) is 19.5. The van der Waals surface area contributed by atoms with Crippen LogP contribution in [-0.4, -0.2) is 53.3 Å². The first-order valence-electron chi connectivity index (χ1n) is 6.52. The number of quaternary nitrogens is 1. The predicted molar refractivity (Wildman–Crippen MR) is 66.1 cm³/mol. The molecule has 0 aromatic carbocycles. The van der Waals surface area contributed by atoms with Crippen LogP contribution in [-0.2, 0) is 9.63 Å². The predicted octanol–water partition coefficient (Wildman–Crippen LogP) is 1.56. The van der Waals surface area contributed by atoms with E-state index >= 15 is 0 Å². The Kier molecular flexibility index (Phi) is 2.99. The first-order valence-corrected chi connectivity index (χ1v) is 6.52. The standard InChI is InChI=1S/C13H25N2O2/c1-10(16)14-8-11-6-7-12(9-14)15(11,17-5)13(2,3)4/h11-12H,6-9H2,1-5H3/q+1. The minimum Gasteiger partial charge on any atom is -0.331 e. The van der Waals surface area contributed by atoms with Crippen molar-refractivity contribution >= 4 is 5.91 Å². The van der Waals surface area contributed by atoms with Crippen molar-refractivity contribution in [3.05, 3.63) is 0 Å². The summed E-state index contributed by atoms with van der Waals surface area (Å²) in [5, 5.41) is 0. The monoisotopic (exact) mass is 241 g/mol. The Labute approximate surface area is 104 Å². The van der Waals surface area contributed by atoms with Gasteiger partial charge in [0.05, 0.1) is 20.2 Å². The summed E-state index contributed by atoms with van der Waals surface area (Å²) in [5.41, 5.74) is 0.0729. The summed E-state index contributed by atoms with van der Waals surface area (Å²) < 4.78 is 0.719. The molecule has 0 saturated carbocycles. The summed E-state index contributed by atoms with van der Waals surface area (Å²) in [7, 11) is 1.82. The number of carbonyl (C=O) groups excluding carboxylic acids is 1. The molecule has 0 aromatic rings. The third-order valence-corrected chi connectivity index (χ3v) is 4.58. The number of rotatable bonds is 1. The molecular formula is C13H25N2O2+. The average molecular weight is 241 g/mol. The lowest BCUT2D eigenvalue weighted by Crippen LogP contribution is -2.72. The zero-order chi connectivity index (χ0) is 12.8. The zero-order valence-electron chi connectivity index (χ0n) is 11.7. The van der Waals surface area contributed by atoms with Gasteiger partial charge in [0, 0.05) is 19.8 Å². The molecule has 2 aliphatic rings. The highest BCUT2D eigenvalue weighted by atomic mass is 16.7. The largest absolute Gasteiger partial charge is 0.331 e. The molecule has 2 fully saturated rings. The van der Waals surface area contributed by atoms with Crippen molar-refractivity contribution in [1.82, 2.24) is 4.90 Å². The van der Waals surface area contributed by atoms with Crippen LogP contribution in [0.15, 0.2) is 0 Å². The van der Waals surface area contributed by atoms with Crippen LogP contribution in [0.25, 0.3) is 0 Å². The second-order valence-electron chi connectivity index (χ2n) is 6.37. The molecule has 1 amide bonds. The fourth-order valence-electron chi connectivity index (χ4n) is 4.00. The van der Waals surface area contributed by atoms with Crippen LogP contribution in [0.5, 0.6) is 0 Å². The van der Waals surface area contributed by atoms with E-state index in [0.29, 0.717) is 12.1 Å². The van der Waals surface area contributed by atoms with E-state index < -0.39 is 0 Å². The quantitative estimate of drug-likeness (QED) is 0.652. The lowest BCUT2D eigenvalue weighted by atomic mass is 9.99. The van der Waals surface area contributed by atoms with Gasteiger partial charge >= 0.3 is 0 Å². The Morgan fingerprint density at radius 2 is 1.71 bits per heavy atom. The van der Waals surface area contributed by atoms with Crippen molar-refractivity contribution in [1.29, 1.82) is 0 Å². The summed E-state index contributed by atoms with van der Waals surface area (Å²) >= 11 is 0. The van der Waals surface area contributed by atoms with Gasteiger partial charge in [-0.1, -0.05) is 0 Å². The molecule has 0 aromatic heterocycles. The van der Waals surface area contributed by atoms with Gasteiger partial charge in [0.15, 0.2) is 0 Å². The molecule has 0 spiro atoms. The third-order valence-electron chi connectivity index (χ3n) is 4.58. The Morgan fingerprint density at radius 3 is 2.00 bits per heavy atom. The van der Waals surface area contributed by atoms with Gasteiger partial charge in [-0.3, -0.25) is 4.79 Å². The van der Waals surface area contributed by atoms with E-state index in [2.05, 4.69) is 20.8 Å². The smallest absolute Gasteiger partial charge is 0.219 e. The van der Waals surface area contributed by atoms with Crippen molar-refractivity contribution in [2.24, 2.45) is 0 Å². The molecule has 0 aliphatic carbocycles. The van der Waals surface area contributed by atoms with Crippen LogP contribution in [0.1, 0.15) is 40.5 Å². The van der Waals surface area contributed by atoms with Crippen LogP contribution in [0.2, 0.25) is 0 Å². The summed E-state index contributed by atoms with van der Waals surface area (Å²) in [6.45, 7) is 10.1. The zero-order valence-corrected chi connectivity index (χ0v) is 11.7. The van der Waals surface area contributed by atoms with Crippen LogP contribution < -0.4 is 0 Å². The lowest BCUT2D eigenvalue weighted by molar-refractivity contribution is -1.16. The topological polar surface area (TPSA) is 29.5 Å². The number of carbonyl (C=O) groups is 1. The van der Waals surface area contributed by atoms with E-state index in [4.69, 9.17) is 4.84 Å². The van der Waals surface area contributed by atoms with Gasteiger partial charge < -0.3 is 4.90 Å². The second-order valence-corrected chi connectivity index (χ2v) is 6.37. The first-order chi connectivity index (χ1) is 7.83. The number of amides is 1. The number of hydroxylamine groups is 3. The van der Waals surface area contributed by atoms with Crippen molar-refractivity contribution in [3.8, 4) is 0 Å². The number of hydrogen-bond donors (Lipinski definition) is 0. The molecule has 2 rings (SSSR count). The normalized spacial score (nSPS) is 37.4. The van der Waals surface area contributed by atoms with E-state index in [0.717, 1.165) is 17.7 Å². The maximum absolute atomic E-state index is 11.5. The van der Waals surface area contributed by atoms with Crippen LogP contribution >= 0.6 is 0 Å². The van der Waals surface area contributed by atoms with E-state index in [1.807, 2.05) is 12.0 Å². The molecule has 4 nitrogen and oxygen atoms in total. The van der Waals surface area contributed by atoms with Crippen LogP contribution in [0.4, 0.5) is 0 Å². The van der Waals surface area contributed by atoms with E-state index in [9.17, 15) is 4.79 Å². The maximum Gasteiger partial charge on any atom is 0.219 e. The molecule has 0 radical (unpaired) electrons. The molecule has 17 heavy (non-hydrogen) atoms. The van der Waals surface area contributed by atoms with E-state index in [1.54, 1.807) is 6.92 Å². The van der Waals surface area contributed by atoms with Gasteiger partial charge in [0.1, 0.15) is 17.6 Å². The summed E-state index contributed by atoms with van der Waals surface area (Å²) in [5.74, 6) is 0.199. The van der Waals surface area contributed by atoms with Crippen molar-refractivity contribution in [2.45, 2.75) is 58.2 Å². The second kappa shape index (κ2) is 3.95. The van der Waals surface area contributed by atoms with Crippen LogP contribution in [0.3, 0.4) is 0 Å². The third kappa shape index (κ3) is 1.69. The summed E-state index contributed by atoms with van der Waals surface area (Å²) in [6, 6.07) is 0.866. The van der Waals surface area contributed by atoms with Gasteiger partial charge in [-0.2, -0.15) is 4.65 Å². The van der Waals surface area contributed by atoms with Gasteiger partial charge in [-0.25, -0.2) is 4.84 Å². The lowest BCUT2D eigenvalue weighted by Gasteiger charge is -2.53. The Morgan fingerprint density at radius 1 is 1.24 bits per heavy atom. The minimum absolute atomic E-state index is 0.0729. The molecule has 0 N–H and O–H groups in total. The number of hydrogen-bond acceptors (Lipinski definition) is 2. The first kappa shape index (κ1) is 12.8. The van der Waals surface area contributed by atoms with Crippen molar-refractivity contribution in [3.63, 3.8) is 0 Å². The maximum atomic E-state index is 11.5. The van der Waals surface area contributed by atoms with Gasteiger partial charge in [0.25, 0.3) is 0 Å². The van der Waals surface area contributed by atoms with Gasteiger partial charge in [-0.05, 0) is 20.8 Å². The molecule has 98 valence electrons. The number of piperazine rings is 1. The molecule has 4 heteroatoms. The van der Waals surface area contributed by atoms with Gasteiger partial charge in [0.2, 0.25) is 5.91 Å². The molecular weight excluding hydrogens is 216 g/mol. The molecule has 2 heterocycles. The highest BCUT2D eigenvalue weighted by Gasteiger charge is 2.61. The summed E-state index contributed by atoms with van der Waals surface area (Å²) in [6.07, 6.45) is 2.33. The highest BCUT2D eigenvalue weighted by Crippen LogP contribution is 2.44. The Balaban J connectivity index is 2.31. The molecule has 2 aliphatic heterocycles. The Hall–Kier alpha value is -0.610. The Bertz CT molecular complexity index is 308. The average Bonchev–Trinajstić information content (AvgIpc) is 2.43. The minimum atomic E-state index is 0.0729. The highest BCUT2D eigenvalue weighted by molar-refractivity contribution is 5.73. The molecule has 2 bridgehead atoms. The SMILES string of the molecule is CO[N+]1(C(C)(C)C)C2CCC1CN(C(C)=O)C2. The van der Waals surface area contributed by atoms with E-state index in [1.165, 1.54) is 12.8 Å². The van der Waals surface area contributed by atoms with Crippen molar-refractivity contribution in [2.75, 3.05) is 20.2 Å². The van der Waals surface area contributed by atoms with Crippen LogP contribution in [0, 0.1) is 0 Å². The number of nitrogens with zero attached hydrogens (tertiary/aromatic N) is 2. The number of fused-ring (bicyclic) bond motifs is 2. The molecule has 2 unspecified atom stereocenters. The van der Waals surface area contributed by atoms with E-state index in [-0.39, 0.29) is 11.4 Å².